The quantitative estimate of drug-likeness (QED) is 0.587. The van der Waals surface area contributed by atoms with Crippen LogP contribution in [-0.2, 0) is 0 Å². The highest BCUT2D eigenvalue weighted by Gasteiger charge is 2.28. The monoisotopic (exact) mass is 267 g/mol. The van der Waals surface area contributed by atoms with Crippen LogP contribution in [0.4, 0.5) is 5.82 Å². The summed E-state index contributed by atoms with van der Waals surface area (Å²) >= 11 is 1.61. The van der Waals surface area contributed by atoms with Crippen molar-refractivity contribution in [2.45, 2.75) is 44.1 Å². The number of aliphatic hydroxyl groups excluding tert-OH is 1. The van der Waals surface area contributed by atoms with E-state index in [-0.39, 0.29) is 6.61 Å². The topological polar surface area (TPSA) is 58.0 Å². The number of nitrogens with one attached hydrogen (secondary N) is 1. The first-order valence-electron chi connectivity index (χ1n) is 6.62. The lowest BCUT2D eigenvalue weighted by Crippen LogP contribution is -2.08. The molecular weight excluding hydrogens is 246 g/mol. The predicted octanol–water partition coefficient (Wildman–Crippen LogP) is 2.57. The van der Waals surface area contributed by atoms with Gasteiger partial charge >= 0.3 is 0 Å². The second-order valence-corrected chi connectivity index (χ2v) is 5.72. The van der Waals surface area contributed by atoms with Crippen molar-refractivity contribution in [1.82, 2.24) is 9.97 Å². The number of aromatic nitrogens is 2. The van der Waals surface area contributed by atoms with Crippen LogP contribution in [0, 0.1) is 6.92 Å². The minimum absolute atomic E-state index is 0.185. The van der Waals surface area contributed by atoms with Gasteiger partial charge in [0.25, 0.3) is 0 Å². The summed E-state index contributed by atoms with van der Waals surface area (Å²) in [5, 5.41) is 13.3. The lowest BCUT2D eigenvalue weighted by Gasteiger charge is -2.13. The van der Waals surface area contributed by atoms with E-state index >= 15 is 0 Å². The maximum atomic E-state index is 8.94. The predicted molar refractivity (Wildman–Crippen MR) is 75.3 cm³/mol. The number of hydrogen-bond acceptors (Lipinski definition) is 5. The molecule has 0 radical (unpaired) electrons. The fraction of sp³-hybridized carbons (Fsp3) is 0.692. The molecule has 0 aromatic carbocycles. The zero-order chi connectivity index (χ0) is 13.0. The fourth-order valence-electron chi connectivity index (χ4n) is 1.74. The molecule has 2 N–H and O–H groups in total. The van der Waals surface area contributed by atoms with Crippen molar-refractivity contribution in [2.24, 2.45) is 0 Å². The first kappa shape index (κ1) is 13.6. The maximum Gasteiger partial charge on any atom is 0.135 e. The van der Waals surface area contributed by atoms with Gasteiger partial charge in [-0.15, -0.1) is 11.8 Å². The van der Waals surface area contributed by atoms with Gasteiger partial charge in [0.2, 0.25) is 0 Å². The lowest BCUT2D eigenvalue weighted by atomic mass is 10.3. The summed E-state index contributed by atoms with van der Waals surface area (Å²) in [5.41, 5.74) is 1.10. The molecule has 0 unspecified atom stereocenters. The number of aliphatic hydroxyl groups is 1. The molecule has 100 valence electrons. The molecule has 18 heavy (non-hydrogen) atoms. The summed E-state index contributed by atoms with van der Waals surface area (Å²) in [5.74, 6) is 3.19. The van der Waals surface area contributed by atoms with Gasteiger partial charge in [-0.2, -0.15) is 0 Å². The van der Waals surface area contributed by atoms with Crippen LogP contribution in [0.15, 0.2) is 5.03 Å². The Bertz CT molecular complexity index is 378. The molecule has 0 amide bonds. The molecule has 0 aliphatic heterocycles. The molecule has 1 heterocycles. The van der Waals surface area contributed by atoms with Crippen LogP contribution in [0.3, 0.4) is 0 Å². The van der Waals surface area contributed by atoms with E-state index in [1.807, 2.05) is 6.92 Å². The molecule has 0 atom stereocenters. The van der Waals surface area contributed by atoms with Gasteiger partial charge in [0, 0.05) is 23.8 Å². The summed E-state index contributed by atoms with van der Waals surface area (Å²) in [6.07, 6.45) is 3.50. The minimum atomic E-state index is 0.185. The summed E-state index contributed by atoms with van der Waals surface area (Å²) in [6, 6.07) is 0. The van der Waals surface area contributed by atoms with E-state index in [0.717, 1.165) is 35.2 Å². The maximum absolute atomic E-state index is 8.94. The lowest BCUT2D eigenvalue weighted by molar-refractivity contribution is 0.322. The Balaban J connectivity index is 2.22. The summed E-state index contributed by atoms with van der Waals surface area (Å²) in [4.78, 5) is 9.28. The van der Waals surface area contributed by atoms with Gasteiger partial charge in [0.15, 0.2) is 0 Å². The van der Waals surface area contributed by atoms with Crippen molar-refractivity contribution in [1.29, 1.82) is 0 Å². The van der Waals surface area contributed by atoms with Gasteiger partial charge < -0.3 is 10.4 Å². The van der Waals surface area contributed by atoms with Crippen molar-refractivity contribution in [3.63, 3.8) is 0 Å². The molecular formula is C13H21N3OS. The molecule has 0 saturated heterocycles. The average molecular weight is 267 g/mol. The van der Waals surface area contributed by atoms with Crippen LogP contribution < -0.4 is 5.32 Å². The third-order valence-corrected chi connectivity index (χ3v) is 3.99. The molecule has 1 aromatic rings. The van der Waals surface area contributed by atoms with Crippen molar-refractivity contribution in [2.75, 3.05) is 24.2 Å². The summed E-state index contributed by atoms with van der Waals surface area (Å²) < 4.78 is 0. The molecule has 1 aliphatic rings. The first-order valence-corrected chi connectivity index (χ1v) is 7.60. The normalized spacial score (nSPS) is 14.8. The Morgan fingerprint density at radius 2 is 2.17 bits per heavy atom. The highest BCUT2D eigenvalue weighted by Crippen LogP contribution is 2.40. The number of anilines is 1. The Hall–Kier alpha value is -0.810. The first-order chi connectivity index (χ1) is 8.76. The largest absolute Gasteiger partial charge is 0.396 e. The minimum Gasteiger partial charge on any atom is -0.396 e. The highest BCUT2D eigenvalue weighted by atomic mass is 32.2. The fourth-order valence-corrected chi connectivity index (χ4v) is 2.49. The van der Waals surface area contributed by atoms with Crippen LogP contribution >= 0.6 is 11.8 Å². The van der Waals surface area contributed by atoms with E-state index in [2.05, 4.69) is 22.2 Å². The van der Waals surface area contributed by atoms with Gasteiger partial charge in [0.1, 0.15) is 16.7 Å². The zero-order valence-electron chi connectivity index (χ0n) is 11.1. The van der Waals surface area contributed by atoms with E-state index in [1.54, 1.807) is 11.8 Å². The summed E-state index contributed by atoms with van der Waals surface area (Å²) in [7, 11) is 0. The van der Waals surface area contributed by atoms with E-state index in [9.17, 15) is 0 Å². The third kappa shape index (κ3) is 3.36. The second-order valence-electron chi connectivity index (χ2n) is 4.63. The molecule has 2 rings (SSSR count). The van der Waals surface area contributed by atoms with Crippen LogP contribution in [0.5, 0.6) is 0 Å². The Morgan fingerprint density at radius 3 is 2.78 bits per heavy atom. The van der Waals surface area contributed by atoms with Gasteiger partial charge in [-0.05, 0) is 26.2 Å². The van der Waals surface area contributed by atoms with Crippen molar-refractivity contribution in [3.05, 3.63) is 11.4 Å². The number of nitrogens with zero attached hydrogens (tertiary/aromatic N) is 2. The van der Waals surface area contributed by atoms with Gasteiger partial charge in [-0.3, -0.25) is 0 Å². The molecule has 5 heteroatoms. The molecule has 4 nitrogen and oxygen atoms in total. The molecule has 0 spiro atoms. The molecule has 1 aliphatic carbocycles. The van der Waals surface area contributed by atoms with Crippen molar-refractivity contribution >= 4 is 17.6 Å². The standard InChI is InChI=1S/C13H21N3OS/c1-3-6-14-11-9(2)13(18-8-7-17)16-12(15-11)10-4-5-10/h10,17H,3-8H2,1-2H3,(H,14,15,16). The van der Waals surface area contributed by atoms with Gasteiger partial charge in [-0.25, -0.2) is 9.97 Å². The SMILES string of the molecule is CCCNc1nc(C2CC2)nc(SCCO)c1C. The third-order valence-electron chi connectivity index (χ3n) is 2.93. The van der Waals surface area contributed by atoms with E-state index in [0.29, 0.717) is 11.7 Å². The van der Waals surface area contributed by atoms with E-state index < -0.39 is 0 Å². The number of thioether (sulfide) groups is 1. The number of hydrogen-bond donors (Lipinski definition) is 2. The highest BCUT2D eigenvalue weighted by molar-refractivity contribution is 7.99. The van der Waals surface area contributed by atoms with E-state index in [4.69, 9.17) is 5.11 Å². The van der Waals surface area contributed by atoms with Crippen molar-refractivity contribution in [3.8, 4) is 0 Å². The molecule has 1 fully saturated rings. The smallest absolute Gasteiger partial charge is 0.135 e. The van der Waals surface area contributed by atoms with Crippen LogP contribution in [0.25, 0.3) is 0 Å². The van der Waals surface area contributed by atoms with Gasteiger partial charge in [0.05, 0.1) is 6.61 Å². The Kier molecular flexibility index (Phi) is 4.83. The van der Waals surface area contributed by atoms with Crippen LogP contribution in [0.2, 0.25) is 0 Å². The Labute approximate surface area is 113 Å². The molecule has 0 bridgehead atoms. The number of rotatable bonds is 7. The van der Waals surface area contributed by atoms with Crippen LogP contribution in [0.1, 0.15) is 43.5 Å². The van der Waals surface area contributed by atoms with Crippen LogP contribution in [-0.4, -0.2) is 34.0 Å². The molecule has 1 saturated carbocycles. The second kappa shape index (κ2) is 6.38. The Morgan fingerprint density at radius 1 is 1.39 bits per heavy atom. The van der Waals surface area contributed by atoms with E-state index in [1.165, 1.54) is 12.8 Å². The van der Waals surface area contributed by atoms with Gasteiger partial charge in [-0.1, -0.05) is 6.92 Å². The zero-order valence-corrected chi connectivity index (χ0v) is 11.9. The molecule has 1 aromatic heterocycles. The average Bonchev–Trinajstić information content (AvgIpc) is 3.20. The summed E-state index contributed by atoms with van der Waals surface area (Å²) in [6.45, 7) is 5.32. The van der Waals surface area contributed by atoms with Crippen molar-refractivity contribution < 1.29 is 5.11 Å².